The van der Waals surface area contributed by atoms with E-state index in [9.17, 15) is 0 Å². The number of nitrogens with one attached hydrogen (secondary N) is 1. The predicted molar refractivity (Wildman–Crippen MR) is 52.3 cm³/mol. The molecule has 13 heavy (non-hydrogen) atoms. The molecule has 0 aromatic carbocycles. The minimum Gasteiger partial charge on any atom is -0.388 e. The molecule has 0 aromatic rings. The Morgan fingerprint density at radius 1 is 1.62 bits per heavy atom. The van der Waals surface area contributed by atoms with Crippen molar-refractivity contribution in [3.63, 3.8) is 0 Å². The van der Waals surface area contributed by atoms with Crippen LogP contribution in [0.25, 0.3) is 0 Å². The van der Waals surface area contributed by atoms with Gasteiger partial charge in [0, 0.05) is 32.9 Å². The smallest absolute Gasteiger partial charge is 0.191 e. The van der Waals surface area contributed by atoms with E-state index in [1.54, 1.807) is 7.11 Å². The summed E-state index contributed by atoms with van der Waals surface area (Å²) in [5.41, 5.74) is 1.10. The third kappa shape index (κ3) is 2.32. The Hall–Kier alpha value is -0.800. The van der Waals surface area contributed by atoms with Gasteiger partial charge in [-0.1, -0.05) is 6.08 Å². The molecule has 1 aliphatic rings. The van der Waals surface area contributed by atoms with Crippen molar-refractivity contribution >= 4 is 0 Å². The summed E-state index contributed by atoms with van der Waals surface area (Å²) in [6.45, 7) is 2.62. The van der Waals surface area contributed by atoms with E-state index in [-0.39, 0.29) is 0 Å². The van der Waals surface area contributed by atoms with Crippen LogP contribution in [-0.2, 0) is 9.47 Å². The van der Waals surface area contributed by atoms with Gasteiger partial charge in [0.2, 0.25) is 0 Å². The van der Waals surface area contributed by atoms with E-state index < -0.39 is 5.79 Å². The summed E-state index contributed by atoms with van der Waals surface area (Å²) in [5.74, 6) is -0.547. The summed E-state index contributed by atoms with van der Waals surface area (Å²) in [7, 11) is 3.56. The largest absolute Gasteiger partial charge is 0.388 e. The Balaban J connectivity index is 2.65. The molecule has 1 aliphatic carbocycles. The number of ether oxygens (including phenoxy) is 2. The topological polar surface area (TPSA) is 30.5 Å². The van der Waals surface area contributed by atoms with E-state index in [0.29, 0.717) is 6.61 Å². The Kier molecular flexibility index (Phi) is 3.51. The van der Waals surface area contributed by atoms with Crippen LogP contribution in [0.5, 0.6) is 0 Å². The molecule has 0 saturated heterocycles. The summed E-state index contributed by atoms with van der Waals surface area (Å²) in [4.78, 5) is 0. The third-order valence-corrected chi connectivity index (χ3v) is 2.15. The molecule has 74 valence electrons. The van der Waals surface area contributed by atoms with Crippen LogP contribution in [0.3, 0.4) is 0 Å². The number of hydrogen-bond acceptors (Lipinski definition) is 3. The van der Waals surface area contributed by atoms with E-state index in [1.165, 1.54) is 0 Å². The molecule has 0 spiro atoms. The summed E-state index contributed by atoms with van der Waals surface area (Å²) in [6.07, 6.45) is 6.74. The van der Waals surface area contributed by atoms with E-state index in [1.807, 2.05) is 26.1 Å². The lowest BCUT2D eigenvalue weighted by Crippen LogP contribution is -2.34. The van der Waals surface area contributed by atoms with Crippen molar-refractivity contribution in [1.82, 2.24) is 5.32 Å². The van der Waals surface area contributed by atoms with Crippen molar-refractivity contribution in [3.05, 3.63) is 23.9 Å². The molecule has 1 rings (SSSR count). The maximum atomic E-state index is 5.53. The predicted octanol–water partition coefficient (Wildman–Crippen LogP) is 1.43. The van der Waals surface area contributed by atoms with Gasteiger partial charge in [0.15, 0.2) is 5.79 Å². The summed E-state index contributed by atoms with van der Waals surface area (Å²) < 4.78 is 10.9. The quantitative estimate of drug-likeness (QED) is 0.669. The second-order valence-corrected chi connectivity index (χ2v) is 2.90. The van der Waals surface area contributed by atoms with Crippen LogP contribution in [0.15, 0.2) is 23.9 Å². The third-order valence-electron chi connectivity index (χ3n) is 2.15. The van der Waals surface area contributed by atoms with Crippen LogP contribution < -0.4 is 5.32 Å². The van der Waals surface area contributed by atoms with Crippen LogP contribution in [0.2, 0.25) is 0 Å². The van der Waals surface area contributed by atoms with Gasteiger partial charge in [-0.15, -0.1) is 0 Å². The standard InChI is InChI=1S/C10H17NO2/c1-4-13-10(12-3)7-5-9(11-2)6-8-10/h5-7,11H,4,8H2,1-3H3. The molecule has 0 aliphatic heterocycles. The van der Waals surface area contributed by atoms with Crippen LogP contribution in [0, 0.1) is 0 Å². The van der Waals surface area contributed by atoms with Gasteiger partial charge in [-0.3, -0.25) is 0 Å². The molecule has 3 nitrogen and oxygen atoms in total. The first-order valence-corrected chi connectivity index (χ1v) is 4.52. The van der Waals surface area contributed by atoms with Crippen LogP contribution >= 0.6 is 0 Å². The first-order valence-electron chi connectivity index (χ1n) is 4.52. The fraction of sp³-hybridized carbons (Fsp3) is 0.600. The summed E-state index contributed by atoms with van der Waals surface area (Å²) in [5, 5.41) is 3.07. The molecule has 3 heteroatoms. The van der Waals surface area contributed by atoms with Crippen LogP contribution in [0.1, 0.15) is 13.3 Å². The number of hydrogen-bond donors (Lipinski definition) is 1. The van der Waals surface area contributed by atoms with E-state index in [2.05, 4.69) is 11.4 Å². The lowest BCUT2D eigenvalue weighted by atomic mass is 10.1. The van der Waals surface area contributed by atoms with Gasteiger partial charge in [0.05, 0.1) is 0 Å². The monoisotopic (exact) mass is 183 g/mol. The zero-order valence-electron chi connectivity index (χ0n) is 8.46. The molecule has 0 bridgehead atoms. The molecule has 1 atom stereocenters. The molecule has 1 unspecified atom stereocenters. The van der Waals surface area contributed by atoms with Crippen molar-refractivity contribution in [1.29, 1.82) is 0 Å². The van der Waals surface area contributed by atoms with Gasteiger partial charge in [-0.25, -0.2) is 0 Å². The second-order valence-electron chi connectivity index (χ2n) is 2.90. The fourth-order valence-corrected chi connectivity index (χ4v) is 1.35. The van der Waals surface area contributed by atoms with Crippen molar-refractivity contribution in [2.75, 3.05) is 20.8 Å². The maximum absolute atomic E-state index is 5.53. The van der Waals surface area contributed by atoms with Crippen molar-refractivity contribution < 1.29 is 9.47 Å². The van der Waals surface area contributed by atoms with Gasteiger partial charge in [0.25, 0.3) is 0 Å². The van der Waals surface area contributed by atoms with Gasteiger partial charge < -0.3 is 14.8 Å². The lowest BCUT2D eigenvalue weighted by Gasteiger charge is -2.30. The molecule has 0 amide bonds. The molecule has 0 radical (unpaired) electrons. The SMILES string of the molecule is CCOC1(OC)C=CC(NC)=CC1. The molecule has 0 heterocycles. The molecule has 1 N–H and O–H groups in total. The van der Waals surface area contributed by atoms with Crippen molar-refractivity contribution in [2.24, 2.45) is 0 Å². The first-order chi connectivity index (χ1) is 6.26. The second kappa shape index (κ2) is 4.44. The van der Waals surface area contributed by atoms with Crippen LogP contribution in [0.4, 0.5) is 0 Å². The summed E-state index contributed by atoms with van der Waals surface area (Å²) in [6, 6.07) is 0. The van der Waals surface area contributed by atoms with Gasteiger partial charge in [-0.05, 0) is 19.1 Å². The zero-order valence-corrected chi connectivity index (χ0v) is 8.46. The maximum Gasteiger partial charge on any atom is 0.191 e. The molecule has 0 aromatic heterocycles. The highest BCUT2D eigenvalue weighted by molar-refractivity contribution is 5.24. The normalized spacial score (nSPS) is 27.2. The molecule has 0 fully saturated rings. The van der Waals surface area contributed by atoms with E-state index in [4.69, 9.17) is 9.47 Å². The fourth-order valence-electron chi connectivity index (χ4n) is 1.35. The summed E-state index contributed by atoms with van der Waals surface area (Å²) >= 11 is 0. The minimum absolute atomic E-state index is 0.547. The number of allylic oxidation sites excluding steroid dienone is 1. The molecular weight excluding hydrogens is 166 g/mol. The highest BCUT2D eigenvalue weighted by atomic mass is 16.7. The van der Waals surface area contributed by atoms with E-state index >= 15 is 0 Å². The molecule has 0 saturated carbocycles. The number of methoxy groups -OCH3 is 1. The Bertz CT molecular complexity index is 223. The average Bonchev–Trinajstić information content (AvgIpc) is 2.19. The lowest BCUT2D eigenvalue weighted by molar-refractivity contribution is -0.183. The Morgan fingerprint density at radius 2 is 2.38 bits per heavy atom. The van der Waals surface area contributed by atoms with Crippen molar-refractivity contribution in [3.8, 4) is 0 Å². The minimum atomic E-state index is -0.547. The van der Waals surface area contributed by atoms with Gasteiger partial charge >= 0.3 is 0 Å². The number of likely N-dealkylation sites (N-methyl/N-ethyl adjacent to an activating group) is 1. The Morgan fingerprint density at radius 3 is 2.77 bits per heavy atom. The Labute approximate surface area is 79.4 Å². The van der Waals surface area contributed by atoms with Gasteiger partial charge in [-0.2, -0.15) is 0 Å². The van der Waals surface area contributed by atoms with Crippen LogP contribution in [-0.4, -0.2) is 26.6 Å². The van der Waals surface area contributed by atoms with E-state index in [0.717, 1.165) is 12.1 Å². The molecular formula is C10H17NO2. The van der Waals surface area contributed by atoms with Gasteiger partial charge in [0.1, 0.15) is 0 Å². The average molecular weight is 183 g/mol. The van der Waals surface area contributed by atoms with Crippen molar-refractivity contribution in [2.45, 2.75) is 19.1 Å². The number of rotatable bonds is 4. The first kappa shape index (κ1) is 10.3. The zero-order chi connectivity index (χ0) is 9.73. The highest BCUT2D eigenvalue weighted by Crippen LogP contribution is 2.24. The highest BCUT2D eigenvalue weighted by Gasteiger charge is 2.27.